The van der Waals surface area contributed by atoms with E-state index in [4.69, 9.17) is 10.5 Å². The summed E-state index contributed by atoms with van der Waals surface area (Å²) in [4.78, 5) is 36.4. The number of nitrogens with one attached hydrogen (secondary N) is 1. The van der Waals surface area contributed by atoms with Gasteiger partial charge in [0.1, 0.15) is 9.88 Å². The molecular formula is C16H22N2O4S. The number of ether oxygens (including phenoxy) is 1. The summed E-state index contributed by atoms with van der Waals surface area (Å²) in [6, 6.07) is 0. The van der Waals surface area contributed by atoms with Gasteiger partial charge in [0.2, 0.25) is 5.91 Å². The lowest BCUT2D eigenvalue weighted by atomic mass is 9.89. The highest BCUT2D eigenvalue weighted by molar-refractivity contribution is 7.18. The van der Waals surface area contributed by atoms with Crippen molar-refractivity contribution in [3.8, 4) is 0 Å². The van der Waals surface area contributed by atoms with Gasteiger partial charge in [0.25, 0.3) is 5.91 Å². The first-order chi connectivity index (χ1) is 11.0. The minimum Gasteiger partial charge on any atom is -0.462 e. The summed E-state index contributed by atoms with van der Waals surface area (Å²) >= 11 is 1.05. The zero-order valence-electron chi connectivity index (χ0n) is 13.4. The van der Waals surface area contributed by atoms with Gasteiger partial charge in [-0.15, -0.1) is 11.3 Å². The summed E-state index contributed by atoms with van der Waals surface area (Å²) in [5, 5.41) is 3.13. The molecule has 0 bridgehead atoms. The molecule has 1 aliphatic rings. The molecule has 0 radical (unpaired) electrons. The summed E-state index contributed by atoms with van der Waals surface area (Å²) in [5.41, 5.74) is 6.08. The van der Waals surface area contributed by atoms with E-state index in [0.717, 1.165) is 43.4 Å². The van der Waals surface area contributed by atoms with Crippen molar-refractivity contribution in [3.63, 3.8) is 0 Å². The fourth-order valence-electron chi connectivity index (χ4n) is 2.87. The minimum absolute atomic E-state index is 0.0436. The number of nitrogens with two attached hydrogens (primary N) is 1. The molecule has 0 aromatic carbocycles. The van der Waals surface area contributed by atoms with E-state index in [9.17, 15) is 14.4 Å². The van der Waals surface area contributed by atoms with E-state index in [1.165, 1.54) is 0 Å². The lowest BCUT2D eigenvalue weighted by Crippen LogP contribution is -2.25. The van der Waals surface area contributed by atoms with Crippen LogP contribution in [0.4, 0.5) is 5.00 Å². The number of thiophene rings is 1. The quantitative estimate of drug-likeness (QED) is 0.806. The van der Waals surface area contributed by atoms with E-state index in [1.807, 2.05) is 0 Å². The van der Waals surface area contributed by atoms with Gasteiger partial charge in [0.05, 0.1) is 12.2 Å². The van der Waals surface area contributed by atoms with E-state index in [2.05, 4.69) is 5.32 Å². The number of amides is 2. The summed E-state index contributed by atoms with van der Waals surface area (Å²) in [6.07, 6.45) is 4.94. The van der Waals surface area contributed by atoms with Gasteiger partial charge < -0.3 is 15.8 Å². The smallest absolute Gasteiger partial charge is 0.348 e. The molecule has 7 heteroatoms. The third-order valence-electron chi connectivity index (χ3n) is 4.07. The van der Waals surface area contributed by atoms with Crippen molar-refractivity contribution in [1.82, 2.24) is 0 Å². The van der Waals surface area contributed by atoms with Gasteiger partial charge in [-0.25, -0.2) is 4.79 Å². The molecule has 1 fully saturated rings. The second-order valence-electron chi connectivity index (χ2n) is 5.67. The van der Waals surface area contributed by atoms with Crippen LogP contribution in [0.1, 0.15) is 64.6 Å². The molecule has 0 aliphatic heterocycles. The van der Waals surface area contributed by atoms with Crippen LogP contribution in [0.3, 0.4) is 0 Å². The Kier molecular flexibility index (Phi) is 5.76. The molecule has 0 saturated heterocycles. The van der Waals surface area contributed by atoms with Gasteiger partial charge in [0, 0.05) is 5.92 Å². The van der Waals surface area contributed by atoms with E-state index in [0.29, 0.717) is 15.4 Å². The first-order valence-electron chi connectivity index (χ1n) is 7.86. The van der Waals surface area contributed by atoms with Crippen LogP contribution in [-0.4, -0.2) is 24.4 Å². The molecule has 2 rings (SSSR count). The normalized spacial score (nSPS) is 15.2. The lowest BCUT2D eigenvalue weighted by molar-refractivity contribution is -0.120. The van der Waals surface area contributed by atoms with Crippen molar-refractivity contribution in [3.05, 3.63) is 16.0 Å². The van der Waals surface area contributed by atoms with Crippen molar-refractivity contribution >= 4 is 34.1 Å². The number of carbonyl (C=O) groups is 3. The van der Waals surface area contributed by atoms with Crippen molar-refractivity contribution < 1.29 is 19.1 Å². The summed E-state index contributed by atoms with van der Waals surface area (Å²) < 4.78 is 4.98. The topological polar surface area (TPSA) is 98.5 Å². The first-order valence-corrected chi connectivity index (χ1v) is 8.68. The second kappa shape index (κ2) is 7.59. The van der Waals surface area contributed by atoms with Gasteiger partial charge in [0.15, 0.2) is 0 Å². The third-order valence-corrected chi connectivity index (χ3v) is 5.25. The predicted octanol–water partition coefficient (Wildman–Crippen LogP) is 2.85. The molecule has 0 spiro atoms. The van der Waals surface area contributed by atoms with Crippen molar-refractivity contribution in [1.29, 1.82) is 0 Å². The van der Waals surface area contributed by atoms with Crippen molar-refractivity contribution in [2.75, 3.05) is 11.9 Å². The number of anilines is 1. The van der Waals surface area contributed by atoms with Crippen molar-refractivity contribution in [2.24, 2.45) is 11.7 Å². The predicted molar refractivity (Wildman–Crippen MR) is 88.7 cm³/mol. The number of rotatable bonds is 5. The zero-order valence-corrected chi connectivity index (χ0v) is 14.3. The highest BCUT2D eigenvalue weighted by Crippen LogP contribution is 2.34. The number of hydrogen-bond acceptors (Lipinski definition) is 5. The highest BCUT2D eigenvalue weighted by Gasteiger charge is 2.27. The van der Waals surface area contributed by atoms with Crippen LogP contribution in [0.25, 0.3) is 0 Å². The molecule has 1 aliphatic carbocycles. The van der Waals surface area contributed by atoms with Crippen molar-refractivity contribution in [2.45, 2.75) is 46.0 Å². The van der Waals surface area contributed by atoms with E-state index < -0.39 is 11.9 Å². The molecule has 1 heterocycles. The first kappa shape index (κ1) is 17.5. The summed E-state index contributed by atoms with van der Waals surface area (Å²) in [5.74, 6) is -1.31. The minimum atomic E-state index is -0.659. The molecule has 1 saturated carbocycles. The number of carbonyl (C=O) groups excluding carboxylic acids is 3. The Labute approximate surface area is 139 Å². The van der Waals surface area contributed by atoms with Gasteiger partial charge in [-0.2, -0.15) is 0 Å². The molecule has 126 valence electrons. The van der Waals surface area contributed by atoms with Gasteiger partial charge >= 0.3 is 5.97 Å². The Morgan fingerprint density at radius 2 is 1.91 bits per heavy atom. The second-order valence-corrected chi connectivity index (χ2v) is 6.69. The Bertz CT molecular complexity index is 618. The van der Waals surface area contributed by atoms with E-state index >= 15 is 0 Å². The zero-order chi connectivity index (χ0) is 17.0. The van der Waals surface area contributed by atoms with E-state index in [1.54, 1.807) is 13.8 Å². The Morgan fingerprint density at radius 1 is 1.26 bits per heavy atom. The molecule has 23 heavy (non-hydrogen) atoms. The highest BCUT2D eigenvalue weighted by atomic mass is 32.1. The maximum absolute atomic E-state index is 12.4. The molecular weight excluding hydrogens is 316 g/mol. The SMILES string of the molecule is CCOC(=O)c1sc(NC(=O)C2CCCCC2)c(C(N)=O)c1C. The van der Waals surface area contributed by atoms with Gasteiger partial charge in [-0.3, -0.25) is 9.59 Å². The summed E-state index contributed by atoms with van der Waals surface area (Å²) in [7, 11) is 0. The monoisotopic (exact) mass is 338 g/mol. The summed E-state index contributed by atoms with van der Waals surface area (Å²) in [6.45, 7) is 3.59. The largest absolute Gasteiger partial charge is 0.462 e. The average molecular weight is 338 g/mol. The molecule has 3 N–H and O–H groups in total. The lowest BCUT2D eigenvalue weighted by Gasteiger charge is -2.20. The number of hydrogen-bond donors (Lipinski definition) is 2. The molecule has 1 aromatic heterocycles. The molecule has 6 nitrogen and oxygen atoms in total. The van der Waals surface area contributed by atoms with Crippen LogP contribution in [-0.2, 0) is 9.53 Å². The van der Waals surface area contributed by atoms with Crippen LogP contribution in [0.5, 0.6) is 0 Å². The molecule has 0 unspecified atom stereocenters. The van der Waals surface area contributed by atoms with Crippen LogP contribution in [0.2, 0.25) is 0 Å². The maximum Gasteiger partial charge on any atom is 0.348 e. The molecule has 1 aromatic rings. The fourth-order valence-corrected chi connectivity index (χ4v) is 3.98. The van der Waals surface area contributed by atoms with E-state index in [-0.39, 0.29) is 24.0 Å². The van der Waals surface area contributed by atoms with Crippen LogP contribution >= 0.6 is 11.3 Å². The molecule has 2 amide bonds. The average Bonchev–Trinajstić information content (AvgIpc) is 2.85. The number of primary amides is 1. The number of esters is 1. The maximum atomic E-state index is 12.4. The molecule has 0 atom stereocenters. The van der Waals surface area contributed by atoms with Gasteiger partial charge in [-0.1, -0.05) is 19.3 Å². The third kappa shape index (κ3) is 3.90. The standard InChI is InChI=1S/C16H22N2O4S/c1-3-22-16(21)12-9(2)11(13(17)19)15(23-12)18-14(20)10-7-5-4-6-8-10/h10H,3-8H2,1-2H3,(H2,17,19)(H,18,20). The van der Waals surface area contributed by atoms with Crippen LogP contribution in [0, 0.1) is 12.8 Å². The Balaban J connectivity index is 2.26. The van der Waals surface area contributed by atoms with Crippen LogP contribution in [0.15, 0.2) is 0 Å². The Hall–Kier alpha value is -1.89. The van der Waals surface area contributed by atoms with Crippen LogP contribution < -0.4 is 11.1 Å². The van der Waals surface area contributed by atoms with Gasteiger partial charge in [-0.05, 0) is 32.3 Å². The Morgan fingerprint density at radius 3 is 2.48 bits per heavy atom. The fraction of sp³-hybridized carbons (Fsp3) is 0.562.